The highest BCUT2D eigenvalue weighted by Gasteiger charge is 2.17. The molecule has 5 nitrogen and oxygen atoms in total. The number of nitrogens with zero attached hydrogens (tertiary/aromatic N) is 3. The number of carbonyl (C=O) groups is 1. The number of aryl methyl sites for hydroxylation is 1. The van der Waals surface area contributed by atoms with E-state index >= 15 is 0 Å². The normalized spacial score (nSPS) is 11.4. The maximum Gasteiger partial charge on any atom is 0.234 e. The van der Waals surface area contributed by atoms with Gasteiger partial charge in [0.2, 0.25) is 5.91 Å². The van der Waals surface area contributed by atoms with Crippen LogP contribution in [0.5, 0.6) is 0 Å². The first-order chi connectivity index (χ1) is 14.7. The molecule has 0 bridgehead atoms. The number of allylic oxidation sites excluding steroid dienone is 1. The molecule has 6 heteroatoms. The minimum absolute atomic E-state index is 0.0667. The number of benzene rings is 2. The van der Waals surface area contributed by atoms with Crippen molar-refractivity contribution in [1.82, 2.24) is 14.8 Å². The van der Waals surface area contributed by atoms with E-state index < -0.39 is 0 Å². The maximum atomic E-state index is 12.5. The van der Waals surface area contributed by atoms with Crippen LogP contribution < -0.4 is 5.32 Å². The summed E-state index contributed by atoms with van der Waals surface area (Å²) < 4.78 is 1.99. The first-order valence-corrected chi connectivity index (χ1v) is 11.3. The molecule has 1 aromatic heterocycles. The number of amides is 1. The minimum atomic E-state index is -0.0667. The third kappa shape index (κ3) is 5.44. The van der Waals surface area contributed by atoms with E-state index in [9.17, 15) is 4.79 Å². The van der Waals surface area contributed by atoms with Crippen molar-refractivity contribution in [2.75, 3.05) is 11.1 Å². The lowest BCUT2D eigenvalue weighted by molar-refractivity contribution is -0.113. The second-order valence-corrected chi connectivity index (χ2v) is 9.56. The van der Waals surface area contributed by atoms with Gasteiger partial charge in [0.1, 0.15) is 0 Å². The van der Waals surface area contributed by atoms with Crippen LogP contribution in [0.2, 0.25) is 0 Å². The number of carbonyl (C=O) groups excluding carboxylic acids is 1. The molecular weight excluding hydrogens is 404 g/mol. The van der Waals surface area contributed by atoms with Crippen molar-refractivity contribution in [3.63, 3.8) is 0 Å². The molecule has 0 fully saturated rings. The Labute approximate surface area is 189 Å². The first-order valence-electron chi connectivity index (χ1n) is 10.3. The quantitative estimate of drug-likeness (QED) is 0.378. The van der Waals surface area contributed by atoms with E-state index in [4.69, 9.17) is 0 Å². The zero-order valence-electron chi connectivity index (χ0n) is 18.9. The molecule has 0 radical (unpaired) electrons. The van der Waals surface area contributed by atoms with Gasteiger partial charge in [0, 0.05) is 17.8 Å². The second kappa shape index (κ2) is 9.52. The van der Waals surface area contributed by atoms with Gasteiger partial charge in [-0.1, -0.05) is 75.0 Å². The van der Waals surface area contributed by atoms with E-state index in [1.165, 1.54) is 17.3 Å². The van der Waals surface area contributed by atoms with Crippen LogP contribution in [0, 0.1) is 13.8 Å². The number of thioether (sulfide) groups is 1. The van der Waals surface area contributed by atoms with Gasteiger partial charge in [-0.2, -0.15) is 0 Å². The Hall–Kier alpha value is -2.86. The molecule has 3 rings (SSSR count). The van der Waals surface area contributed by atoms with E-state index in [1.807, 2.05) is 42.7 Å². The molecule has 0 saturated heterocycles. The SMILES string of the molecule is C=CCn1c(SCC(=O)Nc2cccc(C)c2C)nnc1-c1ccc(C(C)(C)C)cc1. The van der Waals surface area contributed by atoms with Gasteiger partial charge in [0.15, 0.2) is 11.0 Å². The van der Waals surface area contributed by atoms with Crippen molar-refractivity contribution >= 4 is 23.4 Å². The molecular formula is C25H30N4OS. The molecule has 0 aliphatic heterocycles. The average Bonchev–Trinajstić information content (AvgIpc) is 3.12. The van der Waals surface area contributed by atoms with Crippen LogP contribution in [0.4, 0.5) is 5.69 Å². The van der Waals surface area contributed by atoms with Crippen molar-refractivity contribution in [2.24, 2.45) is 0 Å². The molecule has 0 spiro atoms. The monoisotopic (exact) mass is 434 g/mol. The molecule has 0 atom stereocenters. The molecule has 0 aliphatic rings. The number of rotatable bonds is 7. The van der Waals surface area contributed by atoms with E-state index in [2.05, 4.69) is 67.1 Å². The zero-order valence-corrected chi connectivity index (χ0v) is 19.7. The summed E-state index contributed by atoms with van der Waals surface area (Å²) in [6, 6.07) is 14.3. The minimum Gasteiger partial charge on any atom is -0.325 e. The van der Waals surface area contributed by atoms with Crippen molar-refractivity contribution in [3.8, 4) is 11.4 Å². The highest BCUT2D eigenvalue weighted by Crippen LogP contribution is 2.28. The zero-order chi connectivity index (χ0) is 22.6. The van der Waals surface area contributed by atoms with Crippen LogP contribution in [0.3, 0.4) is 0 Å². The summed E-state index contributed by atoms with van der Waals surface area (Å²) in [6.45, 7) is 15.1. The Morgan fingerprint density at radius 2 is 1.84 bits per heavy atom. The first kappa shape index (κ1) is 22.8. The second-order valence-electron chi connectivity index (χ2n) is 8.62. The van der Waals surface area contributed by atoms with Gasteiger partial charge in [-0.05, 0) is 42.0 Å². The number of nitrogens with one attached hydrogen (secondary N) is 1. The summed E-state index contributed by atoms with van der Waals surface area (Å²) in [5, 5.41) is 12.4. The number of aromatic nitrogens is 3. The predicted octanol–water partition coefficient (Wildman–Crippen LogP) is 5.78. The maximum absolute atomic E-state index is 12.5. The van der Waals surface area contributed by atoms with Crippen molar-refractivity contribution in [2.45, 2.75) is 51.7 Å². The summed E-state index contributed by atoms with van der Waals surface area (Å²) in [7, 11) is 0. The lowest BCUT2D eigenvalue weighted by atomic mass is 9.87. The van der Waals surface area contributed by atoms with Crippen molar-refractivity contribution < 1.29 is 4.79 Å². The van der Waals surface area contributed by atoms with Crippen molar-refractivity contribution in [3.05, 3.63) is 71.8 Å². The average molecular weight is 435 g/mol. The van der Waals surface area contributed by atoms with Crippen LogP contribution in [-0.2, 0) is 16.8 Å². The summed E-state index contributed by atoms with van der Waals surface area (Å²) in [4.78, 5) is 12.5. The summed E-state index contributed by atoms with van der Waals surface area (Å²) in [6.07, 6.45) is 1.82. The predicted molar refractivity (Wildman–Crippen MR) is 130 cm³/mol. The van der Waals surface area contributed by atoms with Gasteiger partial charge >= 0.3 is 0 Å². The number of anilines is 1. The molecule has 1 amide bonds. The Morgan fingerprint density at radius 3 is 2.48 bits per heavy atom. The lowest BCUT2D eigenvalue weighted by Gasteiger charge is -2.19. The highest BCUT2D eigenvalue weighted by molar-refractivity contribution is 7.99. The molecule has 0 aliphatic carbocycles. The molecule has 0 saturated carbocycles. The van der Waals surface area contributed by atoms with Crippen LogP contribution in [-0.4, -0.2) is 26.4 Å². The molecule has 2 aromatic carbocycles. The molecule has 3 aromatic rings. The van der Waals surface area contributed by atoms with Crippen molar-refractivity contribution in [1.29, 1.82) is 0 Å². The Kier molecular flexibility index (Phi) is 7.01. The van der Waals surface area contributed by atoms with Gasteiger partial charge < -0.3 is 5.32 Å². The van der Waals surface area contributed by atoms with Gasteiger partial charge in [-0.25, -0.2) is 0 Å². The third-order valence-electron chi connectivity index (χ3n) is 5.25. The Bertz CT molecular complexity index is 1080. The number of hydrogen-bond acceptors (Lipinski definition) is 4. The molecule has 1 heterocycles. The van der Waals surface area contributed by atoms with Crippen LogP contribution in [0.15, 0.2) is 60.3 Å². The Morgan fingerprint density at radius 1 is 1.13 bits per heavy atom. The van der Waals surface area contributed by atoms with Crippen LogP contribution in [0.1, 0.15) is 37.5 Å². The van der Waals surface area contributed by atoms with Crippen LogP contribution in [0.25, 0.3) is 11.4 Å². The highest BCUT2D eigenvalue weighted by atomic mass is 32.2. The lowest BCUT2D eigenvalue weighted by Crippen LogP contribution is -2.15. The smallest absolute Gasteiger partial charge is 0.234 e. The number of hydrogen-bond donors (Lipinski definition) is 1. The van der Waals surface area contributed by atoms with E-state index in [-0.39, 0.29) is 17.1 Å². The van der Waals surface area contributed by atoms with Gasteiger partial charge in [-0.15, -0.1) is 16.8 Å². The Balaban J connectivity index is 1.75. The van der Waals surface area contributed by atoms with Gasteiger partial charge in [0.05, 0.1) is 5.75 Å². The van der Waals surface area contributed by atoms with E-state index in [0.717, 1.165) is 28.2 Å². The van der Waals surface area contributed by atoms with Gasteiger partial charge in [-0.3, -0.25) is 9.36 Å². The summed E-state index contributed by atoms with van der Waals surface area (Å²) >= 11 is 1.38. The van der Waals surface area contributed by atoms with E-state index in [0.29, 0.717) is 11.7 Å². The molecule has 0 unspecified atom stereocenters. The fraction of sp³-hybridized carbons (Fsp3) is 0.320. The fourth-order valence-electron chi connectivity index (χ4n) is 3.22. The topological polar surface area (TPSA) is 59.8 Å². The van der Waals surface area contributed by atoms with Crippen LogP contribution >= 0.6 is 11.8 Å². The summed E-state index contributed by atoms with van der Waals surface area (Å²) in [5.41, 5.74) is 5.43. The van der Waals surface area contributed by atoms with Gasteiger partial charge in [0.25, 0.3) is 0 Å². The summed E-state index contributed by atoms with van der Waals surface area (Å²) in [5.74, 6) is 0.965. The molecule has 162 valence electrons. The third-order valence-corrected chi connectivity index (χ3v) is 6.22. The largest absolute Gasteiger partial charge is 0.325 e. The standard InChI is InChI=1S/C25H30N4OS/c1-7-15-29-23(19-11-13-20(14-12-19)25(4,5)6)27-28-24(29)31-16-22(30)26-21-10-8-9-17(2)18(21)3/h7-14H,1,15-16H2,2-6H3,(H,26,30). The van der Waals surface area contributed by atoms with E-state index in [1.54, 1.807) is 0 Å². The molecule has 1 N–H and O–H groups in total. The fourth-order valence-corrected chi connectivity index (χ4v) is 3.97. The molecule has 31 heavy (non-hydrogen) atoms.